The van der Waals surface area contributed by atoms with Gasteiger partial charge in [-0.3, -0.25) is 0 Å². The van der Waals surface area contributed by atoms with Crippen molar-refractivity contribution in [1.82, 2.24) is 4.90 Å². The Kier molecular flexibility index (Phi) is 6.93. The third-order valence-corrected chi connectivity index (χ3v) is 4.59. The van der Waals surface area contributed by atoms with Crippen molar-refractivity contribution in [1.29, 1.82) is 0 Å². The van der Waals surface area contributed by atoms with Gasteiger partial charge in [0.05, 0.1) is 7.11 Å². The molecule has 0 bridgehead atoms. The lowest BCUT2D eigenvalue weighted by atomic mass is 9.86. The van der Waals surface area contributed by atoms with E-state index < -0.39 is 6.10 Å². The number of likely N-dealkylation sites (tertiary alicyclic amines) is 1. The fraction of sp³-hybridized carbons (Fsp3) is 0.700. The molecule has 1 atom stereocenters. The van der Waals surface area contributed by atoms with Gasteiger partial charge in [-0.2, -0.15) is 0 Å². The first-order valence-electron chi connectivity index (χ1n) is 9.12. The standard InChI is InChI=1S/C20H33NO3/c1-20(2,3)18-13-17(23-4)9-10-19(18)24-15-16(22)14-21-11-7-5-6-8-12-21/h9-10,13,16,22H,5-8,11-12,14-15H2,1-4H3. The first-order chi connectivity index (χ1) is 11.4. The van der Waals surface area contributed by atoms with Gasteiger partial charge in [0.2, 0.25) is 0 Å². The highest BCUT2D eigenvalue weighted by Gasteiger charge is 2.21. The minimum Gasteiger partial charge on any atom is -0.497 e. The Bertz CT molecular complexity index is 502. The molecule has 1 fully saturated rings. The molecule has 1 aliphatic rings. The van der Waals surface area contributed by atoms with Gasteiger partial charge in [-0.15, -0.1) is 0 Å². The molecule has 1 unspecified atom stereocenters. The van der Waals surface area contributed by atoms with Crippen molar-refractivity contribution in [2.75, 3.05) is 33.4 Å². The predicted octanol–water partition coefficient (Wildman–Crippen LogP) is 3.61. The molecule has 1 heterocycles. The monoisotopic (exact) mass is 335 g/mol. The highest BCUT2D eigenvalue weighted by Crippen LogP contribution is 2.34. The van der Waals surface area contributed by atoms with E-state index >= 15 is 0 Å². The summed E-state index contributed by atoms with van der Waals surface area (Å²) >= 11 is 0. The van der Waals surface area contributed by atoms with E-state index in [1.807, 2.05) is 18.2 Å². The number of hydrogen-bond donors (Lipinski definition) is 1. The van der Waals surface area contributed by atoms with Gasteiger partial charge < -0.3 is 19.5 Å². The molecule has 24 heavy (non-hydrogen) atoms. The molecule has 2 rings (SSSR count). The molecule has 4 nitrogen and oxygen atoms in total. The lowest BCUT2D eigenvalue weighted by Gasteiger charge is -2.26. The summed E-state index contributed by atoms with van der Waals surface area (Å²) in [5.41, 5.74) is 1.06. The lowest BCUT2D eigenvalue weighted by Crippen LogP contribution is -2.36. The van der Waals surface area contributed by atoms with E-state index in [-0.39, 0.29) is 5.41 Å². The van der Waals surface area contributed by atoms with Crippen LogP contribution in [0, 0.1) is 0 Å². The van der Waals surface area contributed by atoms with Crippen LogP contribution in [-0.2, 0) is 5.41 Å². The van der Waals surface area contributed by atoms with Crippen LogP contribution in [-0.4, -0.2) is 49.5 Å². The van der Waals surface area contributed by atoms with E-state index in [0.717, 1.165) is 30.2 Å². The van der Waals surface area contributed by atoms with Crippen molar-refractivity contribution in [2.24, 2.45) is 0 Å². The lowest BCUT2D eigenvalue weighted by molar-refractivity contribution is 0.0686. The fourth-order valence-electron chi connectivity index (χ4n) is 3.20. The zero-order chi connectivity index (χ0) is 17.6. The molecule has 0 saturated carbocycles. The van der Waals surface area contributed by atoms with Crippen LogP contribution < -0.4 is 9.47 Å². The second-order valence-electron chi connectivity index (χ2n) is 7.79. The Balaban J connectivity index is 1.95. The molecule has 0 amide bonds. The normalized spacial score (nSPS) is 18.0. The third kappa shape index (κ3) is 5.67. The van der Waals surface area contributed by atoms with Crippen LogP contribution >= 0.6 is 0 Å². The number of ether oxygens (including phenoxy) is 2. The summed E-state index contributed by atoms with van der Waals surface area (Å²) in [5, 5.41) is 10.4. The zero-order valence-corrected chi connectivity index (χ0v) is 15.7. The summed E-state index contributed by atoms with van der Waals surface area (Å²) in [6.45, 7) is 9.67. The number of benzene rings is 1. The van der Waals surface area contributed by atoms with Crippen LogP contribution in [0.2, 0.25) is 0 Å². The molecular weight excluding hydrogens is 302 g/mol. The second kappa shape index (κ2) is 8.72. The number of β-amino-alcohol motifs (C(OH)–C–C–N with tert-alkyl or cyclic N) is 1. The van der Waals surface area contributed by atoms with Crippen molar-refractivity contribution in [3.8, 4) is 11.5 Å². The Morgan fingerprint density at radius 3 is 2.38 bits per heavy atom. The fourth-order valence-corrected chi connectivity index (χ4v) is 3.20. The van der Waals surface area contributed by atoms with E-state index in [1.165, 1.54) is 25.7 Å². The van der Waals surface area contributed by atoms with Gasteiger partial charge in [-0.1, -0.05) is 33.6 Å². The molecule has 1 aromatic carbocycles. The van der Waals surface area contributed by atoms with Crippen LogP contribution in [0.25, 0.3) is 0 Å². The molecule has 0 radical (unpaired) electrons. The van der Waals surface area contributed by atoms with Gasteiger partial charge in [0, 0.05) is 12.1 Å². The summed E-state index contributed by atoms with van der Waals surface area (Å²) in [6.07, 6.45) is 4.63. The molecule has 0 aromatic heterocycles. The van der Waals surface area contributed by atoms with Gasteiger partial charge in [0.15, 0.2) is 0 Å². The number of nitrogens with zero attached hydrogens (tertiary/aromatic N) is 1. The van der Waals surface area contributed by atoms with E-state index in [1.54, 1.807) is 7.11 Å². The molecule has 1 aromatic rings. The van der Waals surface area contributed by atoms with Crippen LogP contribution in [0.5, 0.6) is 11.5 Å². The summed E-state index contributed by atoms with van der Waals surface area (Å²) in [4.78, 5) is 2.36. The van der Waals surface area contributed by atoms with Gasteiger partial charge in [0.25, 0.3) is 0 Å². The number of aliphatic hydroxyl groups is 1. The summed E-state index contributed by atoms with van der Waals surface area (Å²) in [5.74, 6) is 1.66. The highest BCUT2D eigenvalue weighted by molar-refractivity contribution is 5.44. The van der Waals surface area contributed by atoms with Crippen molar-refractivity contribution in [3.63, 3.8) is 0 Å². The van der Waals surface area contributed by atoms with Crippen molar-refractivity contribution in [2.45, 2.75) is 58.0 Å². The van der Waals surface area contributed by atoms with Crippen molar-refractivity contribution < 1.29 is 14.6 Å². The maximum Gasteiger partial charge on any atom is 0.123 e. The number of aliphatic hydroxyl groups excluding tert-OH is 1. The summed E-state index contributed by atoms with van der Waals surface area (Å²) in [7, 11) is 1.67. The highest BCUT2D eigenvalue weighted by atomic mass is 16.5. The Morgan fingerprint density at radius 2 is 1.79 bits per heavy atom. The third-order valence-electron chi connectivity index (χ3n) is 4.59. The van der Waals surface area contributed by atoms with E-state index in [4.69, 9.17) is 9.47 Å². The molecule has 4 heteroatoms. The predicted molar refractivity (Wildman–Crippen MR) is 98.1 cm³/mol. The maximum absolute atomic E-state index is 10.4. The van der Waals surface area contributed by atoms with E-state index in [0.29, 0.717) is 13.2 Å². The minimum atomic E-state index is -0.460. The molecule has 1 aliphatic heterocycles. The first kappa shape index (κ1) is 19.1. The molecule has 0 aliphatic carbocycles. The van der Waals surface area contributed by atoms with Gasteiger partial charge in [-0.05, 0) is 49.5 Å². The number of hydrogen-bond acceptors (Lipinski definition) is 4. The van der Waals surface area contributed by atoms with Crippen LogP contribution in [0.3, 0.4) is 0 Å². The molecular formula is C20H33NO3. The van der Waals surface area contributed by atoms with E-state index in [9.17, 15) is 5.11 Å². The summed E-state index contributed by atoms with van der Waals surface area (Å²) < 4.78 is 11.3. The Labute approximate surface area is 146 Å². The Morgan fingerprint density at radius 1 is 1.12 bits per heavy atom. The first-order valence-corrected chi connectivity index (χ1v) is 9.12. The number of methoxy groups -OCH3 is 1. The number of rotatable bonds is 6. The molecule has 0 spiro atoms. The average Bonchev–Trinajstić information content (AvgIpc) is 2.80. The minimum absolute atomic E-state index is 0.0421. The largest absolute Gasteiger partial charge is 0.497 e. The van der Waals surface area contributed by atoms with E-state index in [2.05, 4.69) is 25.7 Å². The quantitative estimate of drug-likeness (QED) is 0.862. The Hall–Kier alpha value is -1.26. The van der Waals surface area contributed by atoms with Gasteiger partial charge in [-0.25, -0.2) is 0 Å². The molecule has 1 N–H and O–H groups in total. The molecule has 1 saturated heterocycles. The van der Waals surface area contributed by atoms with Crippen molar-refractivity contribution >= 4 is 0 Å². The van der Waals surface area contributed by atoms with Crippen LogP contribution in [0.4, 0.5) is 0 Å². The van der Waals surface area contributed by atoms with Crippen LogP contribution in [0.15, 0.2) is 18.2 Å². The molecule has 136 valence electrons. The van der Waals surface area contributed by atoms with Gasteiger partial charge in [0.1, 0.15) is 24.2 Å². The second-order valence-corrected chi connectivity index (χ2v) is 7.79. The SMILES string of the molecule is COc1ccc(OCC(O)CN2CCCCCC2)c(C(C)(C)C)c1. The smallest absolute Gasteiger partial charge is 0.123 e. The maximum atomic E-state index is 10.4. The van der Waals surface area contributed by atoms with Crippen molar-refractivity contribution in [3.05, 3.63) is 23.8 Å². The average molecular weight is 335 g/mol. The zero-order valence-electron chi connectivity index (χ0n) is 15.7. The summed E-state index contributed by atoms with van der Waals surface area (Å²) in [6, 6.07) is 5.88. The topological polar surface area (TPSA) is 41.9 Å². The van der Waals surface area contributed by atoms with Gasteiger partial charge >= 0.3 is 0 Å². The van der Waals surface area contributed by atoms with Crippen LogP contribution in [0.1, 0.15) is 52.0 Å².